The summed E-state index contributed by atoms with van der Waals surface area (Å²) in [5.41, 5.74) is 0.316. The molecule has 1 nitrogen and oxygen atoms in total. The Morgan fingerprint density at radius 3 is 2.50 bits per heavy atom. The van der Waals surface area contributed by atoms with Crippen LogP contribution >= 0.6 is 11.6 Å². The first-order valence-electron chi connectivity index (χ1n) is 4.98. The van der Waals surface area contributed by atoms with E-state index in [2.05, 4.69) is 19.2 Å². The van der Waals surface area contributed by atoms with Gasteiger partial charge in [0.05, 0.1) is 0 Å². The van der Waals surface area contributed by atoms with E-state index in [0.29, 0.717) is 16.8 Å². The zero-order valence-electron chi connectivity index (χ0n) is 7.94. The summed E-state index contributed by atoms with van der Waals surface area (Å²) in [6.07, 6.45) is 4.02. The summed E-state index contributed by atoms with van der Waals surface area (Å²) in [7, 11) is 0. The Balaban J connectivity index is 1.74. The quantitative estimate of drug-likeness (QED) is 0.670. The molecule has 0 saturated heterocycles. The molecule has 0 heterocycles. The maximum atomic E-state index is 6.13. The third-order valence-corrected chi connectivity index (χ3v) is 4.24. The van der Waals surface area contributed by atoms with Crippen LogP contribution in [0.4, 0.5) is 0 Å². The Labute approximate surface area is 79.9 Å². The lowest BCUT2D eigenvalue weighted by atomic mass is 9.67. The second kappa shape index (κ2) is 2.88. The predicted molar refractivity (Wildman–Crippen MR) is 52.6 cm³/mol. The number of alkyl halides is 1. The van der Waals surface area contributed by atoms with E-state index in [9.17, 15) is 0 Å². The second-order valence-electron chi connectivity index (χ2n) is 4.93. The summed E-state index contributed by atoms with van der Waals surface area (Å²) >= 11 is 6.13. The van der Waals surface area contributed by atoms with Gasteiger partial charge in [-0.2, -0.15) is 0 Å². The van der Waals surface area contributed by atoms with Crippen molar-refractivity contribution in [2.75, 3.05) is 6.54 Å². The fraction of sp³-hybridized carbons (Fsp3) is 1.00. The minimum atomic E-state index is 0.316. The van der Waals surface area contributed by atoms with Crippen molar-refractivity contribution in [2.24, 2.45) is 11.3 Å². The fourth-order valence-electron chi connectivity index (χ4n) is 1.85. The van der Waals surface area contributed by atoms with Gasteiger partial charge in [0, 0.05) is 11.4 Å². The predicted octanol–water partition coefficient (Wildman–Crippen LogP) is 2.39. The van der Waals surface area contributed by atoms with E-state index < -0.39 is 0 Å². The lowest BCUT2D eigenvalue weighted by Crippen LogP contribution is -2.58. The van der Waals surface area contributed by atoms with Crippen LogP contribution in [0.1, 0.15) is 33.1 Å². The lowest BCUT2D eigenvalue weighted by molar-refractivity contribution is 0.116. The van der Waals surface area contributed by atoms with Gasteiger partial charge < -0.3 is 5.32 Å². The van der Waals surface area contributed by atoms with Crippen LogP contribution < -0.4 is 5.32 Å². The Morgan fingerprint density at radius 1 is 1.42 bits per heavy atom. The van der Waals surface area contributed by atoms with Crippen LogP contribution in [0, 0.1) is 11.3 Å². The third-order valence-electron chi connectivity index (χ3n) is 3.50. The molecular formula is C10H18ClN. The average Bonchev–Trinajstić information content (AvgIpc) is 2.80. The molecule has 2 rings (SSSR count). The minimum absolute atomic E-state index is 0.316. The maximum absolute atomic E-state index is 6.13. The molecule has 12 heavy (non-hydrogen) atoms. The van der Waals surface area contributed by atoms with Crippen LogP contribution in [-0.2, 0) is 0 Å². The van der Waals surface area contributed by atoms with E-state index in [-0.39, 0.29) is 0 Å². The molecular weight excluding hydrogens is 170 g/mol. The van der Waals surface area contributed by atoms with Gasteiger partial charge in [-0.25, -0.2) is 0 Å². The molecule has 1 N–H and O–H groups in total. The number of nitrogens with one attached hydrogen (secondary N) is 1. The highest BCUT2D eigenvalue weighted by atomic mass is 35.5. The Hall–Kier alpha value is 0.250. The average molecular weight is 188 g/mol. The van der Waals surface area contributed by atoms with E-state index in [1.54, 1.807) is 0 Å². The van der Waals surface area contributed by atoms with Crippen molar-refractivity contribution in [3.63, 3.8) is 0 Å². The second-order valence-corrected chi connectivity index (χ2v) is 5.46. The standard InChI is InChI=1S/C10H18ClN/c1-10(2)8(11)5-9(10)12-6-7-3-4-7/h7-9,12H,3-6H2,1-2H3. The Bertz CT molecular complexity index is 175. The maximum Gasteiger partial charge on any atom is 0.0416 e. The molecule has 70 valence electrons. The van der Waals surface area contributed by atoms with E-state index in [4.69, 9.17) is 11.6 Å². The fourth-order valence-corrected chi connectivity index (χ4v) is 2.18. The number of hydrogen-bond acceptors (Lipinski definition) is 1. The van der Waals surface area contributed by atoms with Crippen LogP contribution in [-0.4, -0.2) is 18.0 Å². The highest BCUT2D eigenvalue weighted by molar-refractivity contribution is 6.21. The van der Waals surface area contributed by atoms with Crippen molar-refractivity contribution < 1.29 is 0 Å². The van der Waals surface area contributed by atoms with Crippen molar-refractivity contribution in [3.05, 3.63) is 0 Å². The van der Waals surface area contributed by atoms with Crippen molar-refractivity contribution in [3.8, 4) is 0 Å². The van der Waals surface area contributed by atoms with Gasteiger partial charge >= 0.3 is 0 Å². The summed E-state index contributed by atoms with van der Waals surface area (Å²) < 4.78 is 0. The molecule has 0 aromatic heterocycles. The smallest absolute Gasteiger partial charge is 0.0416 e. The number of halogens is 1. The van der Waals surface area contributed by atoms with E-state index in [0.717, 1.165) is 12.3 Å². The number of rotatable bonds is 3. The Kier molecular flexibility index (Phi) is 2.12. The Morgan fingerprint density at radius 2 is 2.08 bits per heavy atom. The van der Waals surface area contributed by atoms with Gasteiger partial charge in [0.2, 0.25) is 0 Å². The van der Waals surface area contributed by atoms with Crippen molar-refractivity contribution in [1.82, 2.24) is 5.32 Å². The molecule has 2 atom stereocenters. The van der Waals surface area contributed by atoms with Crippen LogP contribution in [0.2, 0.25) is 0 Å². The van der Waals surface area contributed by atoms with Crippen LogP contribution in [0.25, 0.3) is 0 Å². The van der Waals surface area contributed by atoms with Crippen LogP contribution in [0.5, 0.6) is 0 Å². The van der Waals surface area contributed by atoms with Gasteiger partial charge in [-0.05, 0) is 37.1 Å². The summed E-state index contributed by atoms with van der Waals surface area (Å²) in [4.78, 5) is 0. The molecule has 0 radical (unpaired) electrons. The van der Waals surface area contributed by atoms with Crippen LogP contribution in [0.3, 0.4) is 0 Å². The van der Waals surface area contributed by atoms with Gasteiger partial charge in [0.15, 0.2) is 0 Å². The SMILES string of the molecule is CC1(C)C(Cl)CC1NCC1CC1. The van der Waals surface area contributed by atoms with Gasteiger partial charge in [-0.3, -0.25) is 0 Å². The number of hydrogen-bond donors (Lipinski definition) is 1. The van der Waals surface area contributed by atoms with Gasteiger partial charge in [-0.15, -0.1) is 11.6 Å². The molecule has 2 aliphatic carbocycles. The first kappa shape index (κ1) is 8.83. The zero-order valence-corrected chi connectivity index (χ0v) is 8.69. The molecule has 0 aromatic rings. The van der Waals surface area contributed by atoms with Gasteiger partial charge in [0.25, 0.3) is 0 Å². The topological polar surface area (TPSA) is 12.0 Å². The molecule has 2 aliphatic rings. The van der Waals surface area contributed by atoms with E-state index >= 15 is 0 Å². The zero-order chi connectivity index (χ0) is 8.77. The molecule has 2 saturated carbocycles. The summed E-state index contributed by atoms with van der Waals surface area (Å²) in [6.45, 7) is 5.75. The molecule has 0 amide bonds. The largest absolute Gasteiger partial charge is 0.313 e. The van der Waals surface area contributed by atoms with Crippen molar-refractivity contribution >= 4 is 11.6 Å². The molecule has 0 aliphatic heterocycles. The minimum Gasteiger partial charge on any atom is -0.313 e. The molecule has 2 unspecified atom stereocenters. The summed E-state index contributed by atoms with van der Waals surface area (Å²) in [5.74, 6) is 0.982. The monoisotopic (exact) mass is 187 g/mol. The van der Waals surface area contributed by atoms with Crippen LogP contribution in [0.15, 0.2) is 0 Å². The molecule has 0 bridgehead atoms. The first-order chi connectivity index (χ1) is 5.60. The normalized spacial score (nSPS) is 39.2. The van der Waals surface area contributed by atoms with E-state index in [1.165, 1.54) is 19.4 Å². The molecule has 2 fully saturated rings. The van der Waals surface area contributed by atoms with Gasteiger partial charge in [-0.1, -0.05) is 13.8 Å². The molecule has 0 aromatic carbocycles. The van der Waals surface area contributed by atoms with Crippen molar-refractivity contribution in [2.45, 2.75) is 44.5 Å². The van der Waals surface area contributed by atoms with Crippen molar-refractivity contribution in [1.29, 1.82) is 0 Å². The highest BCUT2D eigenvalue weighted by Gasteiger charge is 2.47. The highest BCUT2D eigenvalue weighted by Crippen LogP contribution is 2.44. The third kappa shape index (κ3) is 1.49. The lowest BCUT2D eigenvalue weighted by Gasteiger charge is -2.49. The summed E-state index contributed by atoms with van der Waals surface area (Å²) in [5, 5.41) is 4.00. The molecule has 0 spiro atoms. The first-order valence-corrected chi connectivity index (χ1v) is 5.42. The van der Waals surface area contributed by atoms with Gasteiger partial charge in [0.1, 0.15) is 0 Å². The van der Waals surface area contributed by atoms with E-state index in [1.807, 2.05) is 0 Å². The molecule has 2 heteroatoms. The summed E-state index contributed by atoms with van der Waals surface area (Å²) in [6, 6.07) is 0.667.